The Balaban J connectivity index is 1.23. The number of carbonyl (C=O) groups excluding carboxylic acids is 1. The summed E-state index contributed by atoms with van der Waals surface area (Å²) in [7, 11) is 1.77. The van der Waals surface area contributed by atoms with Crippen molar-refractivity contribution in [2.45, 2.75) is 24.3 Å². The number of carbonyl (C=O) groups is 1. The summed E-state index contributed by atoms with van der Waals surface area (Å²) < 4.78 is 1.64. The first-order valence-electron chi connectivity index (χ1n) is 10.4. The highest BCUT2D eigenvalue weighted by atomic mass is 32.2. The van der Waals surface area contributed by atoms with E-state index in [0.29, 0.717) is 12.3 Å². The molecule has 0 radical (unpaired) electrons. The number of hydrogen-bond acceptors (Lipinski definition) is 4. The first kappa shape index (κ1) is 20.7. The number of para-hydroxylation sites is 1. The van der Waals surface area contributed by atoms with Gasteiger partial charge in [-0.3, -0.25) is 14.5 Å². The number of benzene rings is 2. The molecule has 0 unspecified atom stereocenters. The minimum Gasteiger partial charge on any atom is -0.355 e. The Bertz CT molecular complexity index is 1110. The lowest BCUT2D eigenvalue weighted by atomic mass is 10.00. The Kier molecular flexibility index (Phi) is 6.55. The molecule has 1 aromatic heterocycles. The molecule has 0 atom stereocenters. The summed E-state index contributed by atoms with van der Waals surface area (Å²) in [6, 6.07) is 18.1. The number of nitrogens with zero attached hydrogens (tertiary/aromatic N) is 2. The number of amides is 1. The molecule has 2 aromatic carbocycles. The number of pyridine rings is 1. The summed E-state index contributed by atoms with van der Waals surface area (Å²) in [6.07, 6.45) is 2.04. The molecule has 0 saturated carbocycles. The highest BCUT2D eigenvalue weighted by Gasteiger charge is 2.15. The summed E-state index contributed by atoms with van der Waals surface area (Å²) >= 11 is 1.42. The molecule has 0 bridgehead atoms. The predicted octanol–water partition coefficient (Wildman–Crippen LogP) is 3.20. The van der Waals surface area contributed by atoms with Gasteiger partial charge in [0.25, 0.3) is 5.56 Å². The maximum atomic E-state index is 12.3. The van der Waals surface area contributed by atoms with Crippen molar-refractivity contribution >= 4 is 28.6 Å². The number of thioether (sulfide) groups is 1. The monoisotopic (exact) mass is 421 g/mol. The molecule has 30 heavy (non-hydrogen) atoms. The van der Waals surface area contributed by atoms with Gasteiger partial charge in [0, 0.05) is 49.6 Å². The highest BCUT2D eigenvalue weighted by molar-refractivity contribution is 8.00. The lowest BCUT2D eigenvalue weighted by Crippen LogP contribution is -2.34. The Morgan fingerprint density at radius 2 is 1.87 bits per heavy atom. The molecule has 0 spiro atoms. The average molecular weight is 422 g/mol. The van der Waals surface area contributed by atoms with Crippen molar-refractivity contribution in [2.24, 2.45) is 7.05 Å². The Hall–Kier alpha value is -2.57. The summed E-state index contributed by atoms with van der Waals surface area (Å²) in [6.45, 7) is 3.74. The maximum Gasteiger partial charge on any atom is 0.251 e. The van der Waals surface area contributed by atoms with E-state index in [1.807, 2.05) is 24.3 Å². The van der Waals surface area contributed by atoms with E-state index >= 15 is 0 Å². The molecule has 0 fully saturated rings. The fraction of sp³-hybridized carbons (Fsp3) is 0.333. The molecule has 1 amide bonds. The lowest BCUT2D eigenvalue weighted by molar-refractivity contribution is -0.118. The molecule has 1 aliphatic heterocycles. The highest BCUT2D eigenvalue weighted by Crippen LogP contribution is 2.25. The quantitative estimate of drug-likeness (QED) is 0.470. The van der Waals surface area contributed by atoms with E-state index in [2.05, 4.69) is 34.5 Å². The van der Waals surface area contributed by atoms with Gasteiger partial charge in [-0.25, -0.2) is 0 Å². The molecule has 6 heteroatoms. The van der Waals surface area contributed by atoms with Crippen molar-refractivity contribution in [1.82, 2.24) is 14.8 Å². The van der Waals surface area contributed by atoms with Crippen LogP contribution in [0.1, 0.15) is 17.5 Å². The second-order valence-corrected chi connectivity index (χ2v) is 8.73. The van der Waals surface area contributed by atoms with E-state index < -0.39 is 0 Å². The minimum atomic E-state index is -0.0558. The zero-order chi connectivity index (χ0) is 20.9. The van der Waals surface area contributed by atoms with Crippen LogP contribution >= 0.6 is 11.8 Å². The SMILES string of the molecule is Cn1c(=O)cc(SCC(=O)NCCCN2CCc3ccccc3C2)c2ccccc21. The normalized spacial score (nSPS) is 13.9. The van der Waals surface area contributed by atoms with Gasteiger partial charge < -0.3 is 9.88 Å². The fourth-order valence-corrected chi connectivity index (χ4v) is 4.87. The Morgan fingerprint density at radius 1 is 1.10 bits per heavy atom. The van der Waals surface area contributed by atoms with Crippen LogP contribution in [-0.4, -0.2) is 40.8 Å². The van der Waals surface area contributed by atoms with Crippen molar-refractivity contribution in [3.63, 3.8) is 0 Å². The van der Waals surface area contributed by atoms with Crippen LogP contribution in [-0.2, 0) is 24.8 Å². The maximum absolute atomic E-state index is 12.3. The number of rotatable bonds is 7. The second kappa shape index (κ2) is 9.49. The first-order valence-corrected chi connectivity index (χ1v) is 11.4. The van der Waals surface area contributed by atoms with Crippen LogP contribution in [0.15, 0.2) is 64.3 Å². The van der Waals surface area contributed by atoms with Gasteiger partial charge >= 0.3 is 0 Å². The molecule has 1 N–H and O–H groups in total. The third-order valence-electron chi connectivity index (χ3n) is 5.66. The molecule has 0 saturated heterocycles. The van der Waals surface area contributed by atoms with Crippen molar-refractivity contribution in [3.8, 4) is 0 Å². The Labute approximate surface area is 181 Å². The van der Waals surface area contributed by atoms with Crippen molar-refractivity contribution < 1.29 is 4.79 Å². The fourth-order valence-electron chi connectivity index (χ4n) is 3.97. The lowest BCUT2D eigenvalue weighted by Gasteiger charge is -2.28. The van der Waals surface area contributed by atoms with Crippen LogP contribution in [0.25, 0.3) is 10.9 Å². The van der Waals surface area contributed by atoms with Gasteiger partial charge in [-0.05, 0) is 30.0 Å². The summed E-state index contributed by atoms with van der Waals surface area (Å²) in [5, 5.41) is 4.02. The zero-order valence-electron chi connectivity index (χ0n) is 17.3. The topological polar surface area (TPSA) is 54.3 Å². The molecular weight excluding hydrogens is 394 g/mol. The van der Waals surface area contributed by atoms with E-state index in [0.717, 1.165) is 48.3 Å². The minimum absolute atomic E-state index is 0.00810. The van der Waals surface area contributed by atoms with Gasteiger partial charge in [0.1, 0.15) is 0 Å². The van der Waals surface area contributed by atoms with Gasteiger partial charge in [-0.2, -0.15) is 0 Å². The van der Waals surface area contributed by atoms with Crippen molar-refractivity contribution in [2.75, 3.05) is 25.4 Å². The number of nitrogens with one attached hydrogen (secondary N) is 1. The van der Waals surface area contributed by atoms with Gasteiger partial charge in [0.2, 0.25) is 5.91 Å². The van der Waals surface area contributed by atoms with Crippen LogP contribution in [0.4, 0.5) is 0 Å². The van der Waals surface area contributed by atoms with Crippen molar-refractivity contribution in [1.29, 1.82) is 0 Å². The van der Waals surface area contributed by atoms with Crippen LogP contribution in [0, 0.1) is 0 Å². The first-order chi connectivity index (χ1) is 14.6. The van der Waals surface area contributed by atoms with E-state index in [1.54, 1.807) is 17.7 Å². The van der Waals surface area contributed by atoms with Crippen LogP contribution in [0.2, 0.25) is 0 Å². The van der Waals surface area contributed by atoms with E-state index in [9.17, 15) is 9.59 Å². The van der Waals surface area contributed by atoms with Gasteiger partial charge in [0.05, 0.1) is 11.3 Å². The molecule has 2 heterocycles. The van der Waals surface area contributed by atoms with E-state index in [1.165, 1.54) is 22.9 Å². The molecule has 3 aromatic rings. The number of aryl methyl sites for hydroxylation is 1. The smallest absolute Gasteiger partial charge is 0.251 e. The molecule has 0 aliphatic carbocycles. The summed E-state index contributed by atoms with van der Waals surface area (Å²) in [5.74, 6) is 0.322. The van der Waals surface area contributed by atoms with E-state index in [-0.39, 0.29) is 11.5 Å². The van der Waals surface area contributed by atoms with Gasteiger partial charge in [-0.15, -0.1) is 11.8 Å². The summed E-state index contributed by atoms with van der Waals surface area (Å²) in [5.41, 5.74) is 3.71. The van der Waals surface area contributed by atoms with Crippen molar-refractivity contribution in [3.05, 3.63) is 76.1 Å². The predicted molar refractivity (Wildman–Crippen MR) is 123 cm³/mol. The average Bonchev–Trinajstić information content (AvgIpc) is 2.78. The standard InChI is InChI=1S/C24H27N3O2S/c1-26-21-10-5-4-9-20(21)22(15-24(26)29)30-17-23(28)25-12-6-13-27-14-11-18-7-2-3-8-19(18)16-27/h2-5,7-10,15H,6,11-14,16-17H2,1H3,(H,25,28). The molecule has 5 nitrogen and oxygen atoms in total. The van der Waals surface area contributed by atoms with Crippen LogP contribution in [0.3, 0.4) is 0 Å². The Morgan fingerprint density at radius 3 is 2.73 bits per heavy atom. The molecule has 4 rings (SSSR count). The van der Waals surface area contributed by atoms with Crippen LogP contribution < -0.4 is 10.9 Å². The summed E-state index contributed by atoms with van der Waals surface area (Å²) in [4.78, 5) is 27.8. The van der Waals surface area contributed by atoms with E-state index in [4.69, 9.17) is 0 Å². The zero-order valence-corrected chi connectivity index (χ0v) is 18.1. The number of fused-ring (bicyclic) bond motifs is 2. The molecule has 156 valence electrons. The van der Waals surface area contributed by atoms with Gasteiger partial charge in [-0.1, -0.05) is 42.5 Å². The molecule has 1 aliphatic rings. The largest absolute Gasteiger partial charge is 0.355 e. The molecular formula is C24H27N3O2S. The third-order valence-corrected chi connectivity index (χ3v) is 6.71. The number of hydrogen-bond donors (Lipinski definition) is 1. The second-order valence-electron chi connectivity index (χ2n) is 7.71. The van der Waals surface area contributed by atoms with Gasteiger partial charge in [0.15, 0.2) is 0 Å². The van der Waals surface area contributed by atoms with Crippen LogP contribution in [0.5, 0.6) is 0 Å². The number of aromatic nitrogens is 1. The third kappa shape index (κ3) is 4.77.